The highest BCUT2D eigenvalue weighted by atomic mass is 19.1. The summed E-state index contributed by atoms with van der Waals surface area (Å²) < 4.78 is 18.1. The number of amides is 1. The number of alkyl carbamates (subject to hydrolysis) is 1. The van der Waals surface area contributed by atoms with E-state index in [1.54, 1.807) is 25.1 Å². The van der Waals surface area contributed by atoms with Gasteiger partial charge in [-0.05, 0) is 30.7 Å². The van der Waals surface area contributed by atoms with Crippen molar-refractivity contribution in [3.63, 3.8) is 0 Å². The van der Waals surface area contributed by atoms with Gasteiger partial charge in [0.05, 0.1) is 11.4 Å². The molecule has 0 fully saturated rings. The number of nitrogens with one attached hydrogen (secondary N) is 1. The van der Waals surface area contributed by atoms with Gasteiger partial charge in [-0.3, -0.25) is 4.98 Å². The molecule has 2 aromatic rings. The zero-order valence-corrected chi connectivity index (χ0v) is 12.3. The van der Waals surface area contributed by atoms with Crippen LogP contribution in [-0.2, 0) is 11.3 Å². The predicted molar refractivity (Wildman–Crippen MR) is 82.6 cm³/mol. The highest BCUT2D eigenvalue weighted by molar-refractivity contribution is 5.67. The summed E-state index contributed by atoms with van der Waals surface area (Å²) in [4.78, 5) is 15.6. The maximum absolute atomic E-state index is 13.1. The van der Waals surface area contributed by atoms with Crippen molar-refractivity contribution >= 4 is 12.2 Å². The number of benzene rings is 1. The molecule has 0 radical (unpaired) electrons. The third-order valence-corrected chi connectivity index (χ3v) is 2.91. The van der Waals surface area contributed by atoms with Crippen LogP contribution >= 0.6 is 0 Å². The minimum Gasteiger partial charge on any atom is -0.445 e. The van der Waals surface area contributed by atoms with Crippen LogP contribution in [-0.4, -0.2) is 17.6 Å². The van der Waals surface area contributed by atoms with Gasteiger partial charge >= 0.3 is 6.09 Å². The summed E-state index contributed by atoms with van der Waals surface area (Å²) in [7, 11) is 0. The molecular formula is C17H17FN2O2. The number of carbonyl (C=O) groups excluding carboxylic acids is 1. The Balaban J connectivity index is 1.72. The topological polar surface area (TPSA) is 51.2 Å². The van der Waals surface area contributed by atoms with E-state index < -0.39 is 6.09 Å². The number of pyridine rings is 1. The van der Waals surface area contributed by atoms with E-state index in [-0.39, 0.29) is 12.4 Å². The van der Waals surface area contributed by atoms with Gasteiger partial charge in [0, 0.05) is 6.54 Å². The number of hydrogen-bond donors (Lipinski definition) is 1. The molecule has 1 aromatic heterocycles. The molecule has 2 rings (SSSR count). The lowest BCUT2D eigenvalue weighted by molar-refractivity contribution is 0.141. The first-order chi connectivity index (χ1) is 10.6. The number of ether oxygens (including phenoxy) is 1. The molecule has 5 heteroatoms. The van der Waals surface area contributed by atoms with Crippen molar-refractivity contribution in [2.75, 3.05) is 6.54 Å². The summed E-state index contributed by atoms with van der Waals surface area (Å²) >= 11 is 0. The average molecular weight is 300 g/mol. The fourth-order valence-corrected chi connectivity index (χ4v) is 1.75. The number of aromatic nitrogens is 1. The Morgan fingerprint density at radius 2 is 2.05 bits per heavy atom. The van der Waals surface area contributed by atoms with Gasteiger partial charge in [0.25, 0.3) is 0 Å². The Bertz CT molecular complexity index is 657. The van der Waals surface area contributed by atoms with Crippen molar-refractivity contribution < 1.29 is 13.9 Å². The first-order valence-corrected chi connectivity index (χ1v) is 6.89. The molecule has 1 amide bonds. The maximum Gasteiger partial charge on any atom is 0.407 e. The molecule has 22 heavy (non-hydrogen) atoms. The molecule has 0 unspecified atom stereocenters. The van der Waals surface area contributed by atoms with Gasteiger partial charge in [-0.2, -0.15) is 0 Å². The van der Waals surface area contributed by atoms with Crippen molar-refractivity contribution in [2.24, 2.45) is 0 Å². The summed E-state index contributed by atoms with van der Waals surface area (Å²) in [5.74, 6) is -0.334. The van der Waals surface area contributed by atoms with Gasteiger partial charge in [0.15, 0.2) is 0 Å². The van der Waals surface area contributed by atoms with E-state index in [2.05, 4.69) is 10.3 Å². The predicted octanol–water partition coefficient (Wildman–Crippen LogP) is 3.47. The van der Waals surface area contributed by atoms with Gasteiger partial charge < -0.3 is 10.1 Å². The summed E-state index contributed by atoms with van der Waals surface area (Å²) in [6, 6.07) is 12.4. The van der Waals surface area contributed by atoms with E-state index in [4.69, 9.17) is 4.74 Å². The number of carbonyl (C=O) groups is 1. The fourth-order valence-electron chi connectivity index (χ4n) is 1.75. The van der Waals surface area contributed by atoms with Gasteiger partial charge in [0.1, 0.15) is 12.4 Å². The van der Waals surface area contributed by atoms with Gasteiger partial charge in [-0.1, -0.05) is 36.4 Å². The quantitative estimate of drug-likeness (QED) is 0.920. The standard InChI is InChI=1S/C17H17FN2O2/c1-13-16(18)10-9-15(20-13)8-5-11-19-17(21)22-12-14-6-3-2-4-7-14/h2-10H,11-12H2,1H3,(H,19,21). The van der Waals surface area contributed by atoms with E-state index >= 15 is 0 Å². The second kappa shape index (κ2) is 7.93. The number of rotatable bonds is 5. The first kappa shape index (κ1) is 15.7. The number of nitrogens with zero attached hydrogens (tertiary/aromatic N) is 1. The second-order valence-electron chi connectivity index (χ2n) is 4.65. The molecule has 0 bridgehead atoms. The largest absolute Gasteiger partial charge is 0.445 e. The molecule has 0 saturated carbocycles. The Labute approximate surface area is 128 Å². The maximum atomic E-state index is 13.1. The lowest BCUT2D eigenvalue weighted by Crippen LogP contribution is -2.24. The highest BCUT2D eigenvalue weighted by Crippen LogP contribution is 2.05. The minimum atomic E-state index is -0.489. The minimum absolute atomic E-state index is 0.231. The molecule has 0 aliphatic rings. The third-order valence-electron chi connectivity index (χ3n) is 2.91. The Hall–Kier alpha value is -2.69. The van der Waals surface area contributed by atoms with Crippen LogP contribution in [0.2, 0.25) is 0 Å². The molecule has 0 atom stereocenters. The van der Waals surface area contributed by atoms with Crippen molar-refractivity contribution in [3.05, 3.63) is 71.3 Å². The molecule has 0 aliphatic heterocycles. The van der Waals surface area contributed by atoms with Gasteiger partial charge in [-0.15, -0.1) is 0 Å². The lowest BCUT2D eigenvalue weighted by atomic mass is 10.2. The van der Waals surface area contributed by atoms with Crippen LogP contribution in [0.15, 0.2) is 48.5 Å². The van der Waals surface area contributed by atoms with Crippen LogP contribution in [0, 0.1) is 12.7 Å². The summed E-state index contributed by atoms with van der Waals surface area (Å²) in [6.07, 6.45) is 2.95. The summed E-state index contributed by atoms with van der Waals surface area (Å²) in [5, 5.41) is 2.60. The third kappa shape index (κ3) is 5.01. The summed E-state index contributed by atoms with van der Waals surface area (Å²) in [5.41, 5.74) is 1.91. The molecule has 0 saturated heterocycles. The van der Waals surface area contributed by atoms with Crippen LogP contribution in [0.3, 0.4) is 0 Å². The van der Waals surface area contributed by atoms with Crippen molar-refractivity contribution in [3.8, 4) is 0 Å². The number of halogens is 1. The van der Waals surface area contributed by atoms with Crippen LogP contribution in [0.4, 0.5) is 9.18 Å². The Kier molecular flexibility index (Phi) is 5.65. The zero-order chi connectivity index (χ0) is 15.8. The first-order valence-electron chi connectivity index (χ1n) is 6.89. The Morgan fingerprint density at radius 1 is 1.27 bits per heavy atom. The van der Waals surface area contributed by atoms with Crippen molar-refractivity contribution in [2.45, 2.75) is 13.5 Å². The molecule has 1 aromatic carbocycles. The molecule has 1 heterocycles. The van der Waals surface area contributed by atoms with E-state index in [1.807, 2.05) is 30.3 Å². The lowest BCUT2D eigenvalue weighted by Gasteiger charge is -2.05. The molecule has 4 nitrogen and oxygen atoms in total. The monoisotopic (exact) mass is 300 g/mol. The van der Waals surface area contributed by atoms with Crippen LogP contribution < -0.4 is 5.32 Å². The number of hydrogen-bond acceptors (Lipinski definition) is 3. The smallest absolute Gasteiger partial charge is 0.407 e. The normalized spacial score (nSPS) is 10.6. The van der Waals surface area contributed by atoms with Gasteiger partial charge in [0.2, 0.25) is 0 Å². The van der Waals surface area contributed by atoms with Crippen molar-refractivity contribution in [1.82, 2.24) is 10.3 Å². The van der Waals surface area contributed by atoms with E-state index in [9.17, 15) is 9.18 Å². The Morgan fingerprint density at radius 3 is 2.77 bits per heavy atom. The fraction of sp³-hybridized carbons (Fsp3) is 0.176. The highest BCUT2D eigenvalue weighted by Gasteiger charge is 2.01. The van der Waals surface area contributed by atoms with Gasteiger partial charge in [-0.25, -0.2) is 9.18 Å². The van der Waals surface area contributed by atoms with E-state index in [0.717, 1.165) is 5.56 Å². The average Bonchev–Trinajstić information content (AvgIpc) is 2.54. The molecule has 114 valence electrons. The second-order valence-corrected chi connectivity index (χ2v) is 4.65. The molecule has 0 spiro atoms. The van der Waals surface area contributed by atoms with Crippen molar-refractivity contribution in [1.29, 1.82) is 0 Å². The molecular weight excluding hydrogens is 283 g/mol. The molecule has 1 N–H and O–H groups in total. The van der Waals surface area contributed by atoms with Crippen LogP contribution in [0.5, 0.6) is 0 Å². The number of aryl methyl sites for hydroxylation is 1. The zero-order valence-electron chi connectivity index (χ0n) is 12.3. The van der Waals surface area contributed by atoms with E-state index in [0.29, 0.717) is 17.9 Å². The van der Waals surface area contributed by atoms with E-state index in [1.165, 1.54) is 6.07 Å². The molecule has 0 aliphatic carbocycles. The summed E-state index contributed by atoms with van der Waals surface area (Å²) in [6.45, 7) is 2.15. The van der Waals surface area contributed by atoms with Crippen LogP contribution in [0.1, 0.15) is 17.0 Å². The van der Waals surface area contributed by atoms with Crippen LogP contribution in [0.25, 0.3) is 6.08 Å². The SMILES string of the molecule is Cc1nc(C=CCNC(=O)OCc2ccccc2)ccc1F.